The van der Waals surface area contributed by atoms with E-state index in [-0.39, 0.29) is 5.91 Å². The Balaban J connectivity index is 1.60. The van der Waals surface area contributed by atoms with Crippen molar-refractivity contribution < 1.29 is 4.79 Å². The lowest BCUT2D eigenvalue weighted by atomic mass is 10.1. The minimum absolute atomic E-state index is 0.265. The molecule has 1 aliphatic heterocycles. The predicted molar refractivity (Wildman–Crippen MR) is 96.1 cm³/mol. The number of amides is 1. The van der Waals surface area contributed by atoms with Crippen LogP contribution >= 0.6 is 0 Å². The SMILES string of the molecule is Cc1cnc(C2CCN(C(=O)CCc3ccccc3)C2)n1C(C)C. The standard InChI is InChI=1S/C20H27N3O/c1-15(2)23-16(3)13-21-20(23)18-11-12-22(14-18)19(24)10-9-17-7-5-4-6-8-17/h4-8,13,15,18H,9-12,14H2,1-3H3. The second kappa shape index (κ2) is 7.20. The van der Waals surface area contributed by atoms with E-state index in [0.29, 0.717) is 18.4 Å². The molecule has 1 aromatic heterocycles. The molecule has 1 amide bonds. The molecule has 1 saturated heterocycles. The number of benzene rings is 1. The summed E-state index contributed by atoms with van der Waals surface area (Å²) in [5.74, 6) is 1.77. The average molecular weight is 325 g/mol. The molecule has 0 saturated carbocycles. The van der Waals surface area contributed by atoms with Gasteiger partial charge in [-0.05, 0) is 39.2 Å². The van der Waals surface area contributed by atoms with Crippen molar-refractivity contribution in [1.29, 1.82) is 0 Å². The van der Waals surface area contributed by atoms with Gasteiger partial charge in [0.15, 0.2) is 0 Å². The fourth-order valence-corrected chi connectivity index (χ4v) is 3.69. The number of carbonyl (C=O) groups excluding carboxylic acids is 1. The molecule has 4 nitrogen and oxygen atoms in total. The van der Waals surface area contributed by atoms with Crippen molar-refractivity contribution in [1.82, 2.24) is 14.5 Å². The third kappa shape index (κ3) is 3.53. The van der Waals surface area contributed by atoms with Crippen LogP contribution in [-0.4, -0.2) is 33.4 Å². The van der Waals surface area contributed by atoms with E-state index in [1.165, 1.54) is 11.3 Å². The number of aryl methyl sites for hydroxylation is 2. The van der Waals surface area contributed by atoms with Crippen molar-refractivity contribution in [3.8, 4) is 0 Å². The first kappa shape index (κ1) is 16.7. The molecular weight excluding hydrogens is 298 g/mol. The van der Waals surface area contributed by atoms with Crippen LogP contribution in [-0.2, 0) is 11.2 Å². The van der Waals surface area contributed by atoms with E-state index < -0.39 is 0 Å². The van der Waals surface area contributed by atoms with Crippen LogP contribution in [0.15, 0.2) is 36.5 Å². The lowest BCUT2D eigenvalue weighted by molar-refractivity contribution is -0.130. The highest BCUT2D eigenvalue weighted by Crippen LogP contribution is 2.29. The molecule has 0 N–H and O–H groups in total. The minimum atomic E-state index is 0.265. The minimum Gasteiger partial charge on any atom is -0.342 e. The number of nitrogens with zero attached hydrogens (tertiary/aromatic N) is 3. The smallest absolute Gasteiger partial charge is 0.222 e. The van der Waals surface area contributed by atoms with Crippen LogP contribution < -0.4 is 0 Å². The van der Waals surface area contributed by atoms with E-state index in [0.717, 1.165) is 31.8 Å². The summed E-state index contributed by atoms with van der Waals surface area (Å²) in [6.07, 6.45) is 4.38. The zero-order valence-electron chi connectivity index (χ0n) is 14.9. The molecule has 0 aliphatic carbocycles. The Morgan fingerprint density at radius 3 is 2.75 bits per heavy atom. The topological polar surface area (TPSA) is 38.1 Å². The fourth-order valence-electron chi connectivity index (χ4n) is 3.69. The average Bonchev–Trinajstić information content (AvgIpc) is 3.20. The Hall–Kier alpha value is -2.10. The molecule has 1 fully saturated rings. The number of hydrogen-bond acceptors (Lipinski definition) is 2. The van der Waals surface area contributed by atoms with Gasteiger partial charge in [0.1, 0.15) is 5.82 Å². The summed E-state index contributed by atoms with van der Waals surface area (Å²) in [5.41, 5.74) is 2.43. The Labute approximate surface area is 144 Å². The molecule has 0 spiro atoms. The van der Waals surface area contributed by atoms with Crippen molar-refractivity contribution in [2.24, 2.45) is 0 Å². The highest BCUT2D eigenvalue weighted by Gasteiger charge is 2.30. The normalized spacial score (nSPS) is 17.7. The third-order valence-corrected chi connectivity index (χ3v) is 4.90. The highest BCUT2D eigenvalue weighted by atomic mass is 16.2. The molecule has 1 unspecified atom stereocenters. The lowest BCUT2D eigenvalue weighted by Gasteiger charge is -2.19. The third-order valence-electron chi connectivity index (χ3n) is 4.90. The molecule has 0 bridgehead atoms. The Bertz CT molecular complexity index is 690. The predicted octanol–water partition coefficient (Wildman–Crippen LogP) is 3.72. The van der Waals surface area contributed by atoms with Gasteiger partial charge < -0.3 is 9.47 Å². The molecule has 128 valence electrons. The quantitative estimate of drug-likeness (QED) is 0.840. The number of carbonyl (C=O) groups is 1. The van der Waals surface area contributed by atoms with Gasteiger partial charge in [-0.15, -0.1) is 0 Å². The van der Waals surface area contributed by atoms with Gasteiger partial charge in [-0.3, -0.25) is 4.79 Å². The van der Waals surface area contributed by atoms with Crippen LogP contribution in [0.4, 0.5) is 0 Å². The van der Waals surface area contributed by atoms with Crippen LogP contribution in [0, 0.1) is 6.92 Å². The molecule has 1 aromatic carbocycles. The van der Waals surface area contributed by atoms with E-state index >= 15 is 0 Å². The van der Waals surface area contributed by atoms with E-state index in [9.17, 15) is 4.79 Å². The molecule has 1 aliphatic rings. The van der Waals surface area contributed by atoms with Gasteiger partial charge in [0, 0.05) is 43.4 Å². The fraction of sp³-hybridized carbons (Fsp3) is 0.500. The van der Waals surface area contributed by atoms with E-state index in [2.05, 4.69) is 42.5 Å². The Morgan fingerprint density at radius 2 is 2.04 bits per heavy atom. The molecule has 24 heavy (non-hydrogen) atoms. The van der Waals surface area contributed by atoms with E-state index in [1.54, 1.807) is 0 Å². The monoisotopic (exact) mass is 325 g/mol. The summed E-state index contributed by atoms with van der Waals surface area (Å²) in [4.78, 5) is 19.2. The number of rotatable bonds is 5. The maximum Gasteiger partial charge on any atom is 0.222 e. The lowest BCUT2D eigenvalue weighted by Crippen LogP contribution is -2.29. The van der Waals surface area contributed by atoms with Crippen LogP contribution in [0.5, 0.6) is 0 Å². The summed E-state index contributed by atoms with van der Waals surface area (Å²) in [5, 5.41) is 0. The second-order valence-corrected chi connectivity index (χ2v) is 7.03. The van der Waals surface area contributed by atoms with Crippen molar-refractivity contribution in [2.75, 3.05) is 13.1 Å². The molecule has 0 radical (unpaired) electrons. The number of imidazole rings is 1. The largest absolute Gasteiger partial charge is 0.342 e. The summed E-state index contributed by atoms with van der Waals surface area (Å²) < 4.78 is 2.31. The van der Waals surface area contributed by atoms with Gasteiger partial charge in [-0.25, -0.2) is 4.98 Å². The van der Waals surface area contributed by atoms with Gasteiger partial charge in [0.25, 0.3) is 0 Å². The van der Waals surface area contributed by atoms with Gasteiger partial charge in [-0.1, -0.05) is 30.3 Å². The van der Waals surface area contributed by atoms with E-state index in [1.807, 2.05) is 29.3 Å². The summed E-state index contributed by atoms with van der Waals surface area (Å²) in [6, 6.07) is 10.6. The number of hydrogen-bond donors (Lipinski definition) is 0. The van der Waals surface area contributed by atoms with Gasteiger partial charge in [0.2, 0.25) is 5.91 Å². The van der Waals surface area contributed by atoms with Gasteiger partial charge in [-0.2, -0.15) is 0 Å². The van der Waals surface area contributed by atoms with E-state index in [4.69, 9.17) is 0 Å². The summed E-state index contributed by atoms with van der Waals surface area (Å²) >= 11 is 0. The maximum atomic E-state index is 12.5. The van der Waals surface area contributed by atoms with Crippen LogP contribution in [0.2, 0.25) is 0 Å². The van der Waals surface area contributed by atoms with Crippen LogP contribution in [0.1, 0.15) is 55.7 Å². The molecule has 3 rings (SSSR count). The Morgan fingerprint density at radius 1 is 1.29 bits per heavy atom. The zero-order chi connectivity index (χ0) is 17.1. The highest BCUT2D eigenvalue weighted by molar-refractivity contribution is 5.76. The first-order valence-electron chi connectivity index (χ1n) is 8.91. The second-order valence-electron chi connectivity index (χ2n) is 7.03. The first-order valence-corrected chi connectivity index (χ1v) is 8.91. The van der Waals surface area contributed by atoms with Gasteiger partial charge >= 0.3 is 0 Å². The molecular formula is C20H27N3O. The zero-order valence-corrected chi connectivity index (χ0v) is 14.9. The summed E-state index contributed by atoms with van der Waals surface area (Å²) in [6.45, 7) is 8.14. The maximum absolute atomic E-state index is 12.5. The summed E-state index contributed by atoms with van der Waals surface area (Å²) in [7, 11) is 0. The van der Waals surface area contributed by atoms with Crippen molar-refractivity contribution in [3.63, 3.8) is 0 Å². The first-order chi connectivity index (χ1) is 11.6. The Kier molecular flexibility index (Phi) is 5.03. The molecule has 2 heterocycles. The molecule has 4 heteroatoms. The van der Waals surface area contributed by atoms with Crippen molar-refractivity contribution in [3.05, 3.63) is 53.6 Å². The van der Waals surface area contributed by atoms with Crippen LogP contribution in [0.25, 0.3) is 0 Å². The van der Waals surface area contributed by atoms with Crippen LogP contribution in [0.3, 0.4) is 0 Å². The number of likely N-dealkylation sites (tertiary alicyclic amines) is 1. The molecule has 2 aromatic rings. The van der Waals surface area contributed by atoms with Crippen molar-refractivity contribution in [2.45, 2.75) is 52.0 Å². The van der Waals surface area contributed by atoms with Gasteiger partial charge in [0.05, 0.1) is 0 Å². The molecule has 1 atom stereocenters. The number of aromatic nitrogens is 2. The van der Waals surface area contributed by atoms with Crippen molar-refractivity contribution >= 4 is 5.91 Å².